The van der Waals surface area contributed by atoms with E-state index in [2.05, 4.69) is 9.97 Å². The number of H-pyrrole nitrogens is 1. The van der Waals surface area contributed by atoms with Crippen LogP contribution in [0.15, 0.2) is 30.6 Å². The smallest absolute Gasteiger partial charge is 0.137 e. The van der Waals surface area contributed by atoms with Crippen LogP contribution < -0.4 is 10.5 Å². The van der Waals surface area contributed by atoms with Gasteiger partial charge in [0.15, 0.2) is 0 Å². The standard InChI is InChI=1S/C12H14ClN3O/c1-2-17-10-4-3-8(7-9(10)13)11(14)12-15-5-6-16-12/h3-7,11H,2,14H2,1H3,(H,15,16). The number of nitrogens with zero attached hydrogens (tertiary/aromatic N) is 1. The second-order valence-corrected chi connectivity index (χ2v) is 3.98. The van der Waals surface area contributed by atoms with Gasteiger partial charge in [0, 0.05) is 12.4 Å². The molecule has 2 rings (SSSR count). The van der Waals surface area contributed by atoms with Crippen molar-refractivity contribution in [2.75, 3.05) is 6.61 Å². The SMILES string of the molecule is CCOc1ccc(C(N)c2ncc[nH]2)cc1Cl. The average molecular weight is 252 g/mol. The lowest BCUT2D eigenvalue weighted by Gasteiger charge is -2.12. The van der Waals surface area contributed by atoms with E-state index in [9.17, 15) is 0 Å². The molecule has 0 saturated carbocycles. The third kappa shape index (κ3) is 2.60. The van der Waals surface area contributed by atoms with Gasteiger partial charge in [0.25, 0.3) is 0 Å². The van der Waals surface area contributed by atoms with Crippen LogP contribution in [0.4, 0.5) is 0 Å². The third-order valence-electron chi connectivity index (χ3n) is 2.43. The Kier molecular flexibility index (Phi) is 3.66. The first-order valence-electron chi connectivity index (χ1n) is 5.39. The van der Waals surface area contributed by atoms with Gasteiger partial charge in [-0.1, -0.05) is 17.7 Å². The van der Waals surface area contributed by atoms with Crippen molar-refractivity contribution in [3.8, 4) is 5.75 Å². The summed E-state index contributed by atoms with van der Waals surface area (Å²) in [7, 11) is 0. The van der Waals surface area contributed by atoms with Crippen LogP contribution in [-0.4, -0.2) is 16.6 Å². The highest BCUT2D eigenvalue weighted by Gasteiger charge is 2.13. The van der Waals surface area contributed by atoms with Gasteiger partial charge in [-0.05, 0) is 24.6 Å². The van der Waals surface area contributed by atoms with Crippen molar-refractivity contribution in [3.63, 3.8) is 0 Å². The molecule has 17 heavy (non-hydrogen) atoms. The summed E-state index contributed by atoms with van der Waals surface area (Å²) in [5, 5.41) is 0.561. The zero-order chi connectivity index (χ0) is 12.3. The number of rotatable bonds is 4. The van der Waals surface area contributed by atoms with E-state index in [1.807, 2.05) is 19.1 Å². The summed E-state index contributed by atoms with van der Waals surface area (Å²) in [6.45, 7) is 2.50. The predicted molar refractivity (Wildman–Crippen MR) is 67.2 cm³/mol. The van der Waals surface area contributed by atoms with E-state index in [1.165, 1.54) is 0 Å². The van der Waals surface area contributed by atoms with E-state index in [1.54, 1.807) is 18.5 Å². The van der Waals surface area contributed by atoms with Crippen LogP contribution in [0.2, 0.25) is 5.02 Å². The number of halogens is 1. The van der Waals surface area contributed by atoms with Gasteiger partial charge in [0.05, 0.1) is 17.7 Å². The first kappa shape index (κ1) is 12.0. The zero-order valence-electron chi connectivity index (χ0n) is 9.48. The molecule has 1 unspecified atom stereocenters. The number of hydrogen-bond acceptors (Lipinski definition) is 3. The van der Waals surface area contributed by atoms with Gasteiger partial charge < -0.3 is 15.5 Å². The Balaban J connectivity index is 2.25. The van der Waals surface area contributed by atoms with E-state index in [4.69, 9.17) is 22.1 Å². The molecule has 90 valence electrons. The van der Waals surface area contributed by atoms with E-state index in [0.29, 0.717) is 23.2 Å². The van der Waals surface area contributed by atoms with Gasteiger partial charge in [-0.15, -0.1) is 0 Å². The van der Waals surface area contributed by atoms with Gasteiger partial charge in [-0.3, -0.25) is 0 Å². The van der Waals surface area contributed by atoms with Crippen molar-refractivity contribution < 1.29 is 4.74 Å². The summed E-state index contributed by atoms with van der Waals surface area (Å²) in [6.07, 6.45) is 3.41. The Morgan fingerprint density at radius 3 is 2.94 bits per heavy atom. The average Bonchev–Trinajstić information content (AvgIpc) is 2.84. The number of ether oxygens (including phenoxy) is 1. The van der Waals surface area contributed by atoms with Crippen LogP contribution in [0.3, 0.4) is 0 Å². The summed E-state index contributed by atoms with van der Waals surface area (Å²) in [5.74, 6) is 1.38. The topological polar surface area (TPSA) is 63.9 Å². The molecule has 0 spiro atoms. The van der Waals surface area contributed by atoms with Crippen molar-refractivity contribution >= 4 is 11.6 Å². The quantitative estimate of drug-likeness (QED) is 0.878. The van der Waals surface area contributed by atoms with Gasteiger partial charge in [0.2, 0.25) is 0 Å². The number of aromatic amines is 1. The van der Waals surface area contributed by atoms with Crippen LogP contribution in [0, 0.1) is 0 Å². The molecule has 0 radical (unpaired) electrons. The second kappa shape index (κ2) is 5.21. The maximum absolute atomic E-state index is 6.10. The number of nitrogens with two attached hydrogens (primary N) is 1. The summed E-state index contributed by atoms with van der Waals surface area (Å²) < 4.78 is 5.37. The van der Waals surface area contributed by atoms with E-state index in [-0.39, 0.29) is 6.04 Å². The van der Waals surface area contributed by atoms with Crippen LogP contribution in [0.5, 0.6) is 5.75 Å². The molecule has 0 aliphatic rings. The zero-order valence-corrected chi connectivity index (χ0v) is 10.2. The van der Waals surface area contributed by atoms with Crippen molar-refractivity contribution in [1.82, 2.24) is 9.97 Å². The fraction of sp³-hybridized carbons (Fsp3) is 0.250. The molecule has 0 fully saturated rings. The Hall–Kier alpha value is -1.52. The molecule has 0 aliphatic carbocycles. The first-order chi connectivity index (χ1) is 8.22. The maximum Gasteiger partial charge on any atom is 0.137 e. The normalized spacial score (nSPS) is 12.4. The van der Waals surface area contributed by atoms with E-state index in [0.717, 1.165) is 5.56 Å². The molecule has 0 aliphatic heterocycles. The molecule has 2 aromatic rings. The van der Waals surface area contributed by atoms with E-state index >= 15 is 0 Å². The molecular formula is C12H14ClN3O. The summed E-state index contributed by atoms with van der Waals surface area (Å²) >= 11 is 6.10. The fourth-order valence-electron chi connectivity index (χ4n) is 1.59. The Labute approximate surface area is 105 Å². The minimum absolute atomic E-state index is 0.307. The monoisotopic (exact) mass is 251 g/mol. The molecule has 5 heteroatoms. The summed E-state index contributed by atoms with van der Waals surface area (Å²) in [5.41, 5.74) is 6.96. The fourth-order valence-corrected chi connectivity index (χ4v) is 1.83. The number of imidazole rings is 1. The van der Waals surface area contributed by atoms with Crippen molar-refractivity contribution in [2.24, 2.45) is 5.73 Å². The molecule has 0 amide bonds. The largest absolute Gasteiger partial charge is 0.492 e. The maximum atomic E-state index is 6.10. The highest BCUT2D eigenvalue weighted by atomic mass is 35.5. The lowest BCUT2D eigenvalue weighted by molar-refractivity contribution is 0.340. The van der Waals surface area contributed by atoms with E-state index < -0.39 is 0 Å². The van der Waals surface area contributed by atoms with Gasteiger partial charge in [0.1, 0.15) is 11.6 Å². The minimum atomic E-state index is -0.307. The summed E-state index contributed by atoms with van der Waals surface area (Å²) in [6, 6.07) is 5.21. The van der Waals surface area contributed by atoms with Crippen molar-refractivity contribution in [3.05, 3.63) is 47.0 Å². The molecular weight excluding hydrogens is 238 g/mol. The number of hydrogen-bond donors (Lipinski definition) is 2. The summed E-state index contributed by atoms with van der Waals surface area (Å²) in [4.78, 5) is 7.11. The van der Waals surface area contributed by atoms with Gasteiger partial charge in [-0.25, -0.2) is 4.98 Å². The van der Waals surface area contributed by atoms with Crippen LogP contribution >= 0.6 is 11.6 Å². The molecule has 4 nitrogen and oxygen atoms in total. The number of nitrogens with one attached hydrogen (secondary N) is 1. The number of benzene rings is 1. The predicted octanol–water partition coefficient (Wildman–Crippen LogP) is 2.51. The molecule has 1 heterocycles. The molecule has 0 saturated heterocycles. The Morgan fingerprint density at radius 1 is 1.53 bits per heavy atom. The number of aromatic nitrogens is 2. The highest BCUT2D eigenvalue weighted by Crippen LogP contribution is 2.28. The third-order valence-corrected chi connectivity index (χ3v) is 2.72. The van der Waals surface area contributed by atoms with Gasteiger partial charge in [-0.2, -0.15) is 0 Å². The second-order valence-electron chi connectivity index (χ2n) is 3.57. The molecule has 1 aromatic carbocycles. The first-order valence-corrected chi connectivity index (χ1v) is 5.77. The van der Waals surface area contributed by atoms with Crippen LogP contribution in [0.1, 0.15) is 24.4 Å². The Morgan fingerprint density at radius 2 is 2.35 bits per heavy atom. The van der Waals surface area contributed by atoms with Crippen LogP contribution in [-0.2, 0) is 0 Å². The molecule has 1 atom stereocenters. The Bertz CT molecular complexity index is 485. The minimum Gasteiger partial charge on any atom is -0.492 e. The van der Waals surface area contributed by atoms with Crippen molar-refractivity contribution in [2.45, 2.75) is 13.0 Å². The molecule has 0 bridgehead atoms. The van der Waals surface area contributed by atoms with Crippen molar-refractivity contribution in [1.29, 1.82) is 0 Å². The van der Waals surface area contributed by atoms with Gasteiger partial charge >= 0.3 is 0 Å². The molecule has 3 N–H and O–H groups in total. The van der Waals surface area contributed by atoms with Crippen LogP contribution in [0.25, 0.3) is 0 Å². The highest BCUT2D eigenvalue weighted by molar-refractivity contribution is 6.32. The lowest BCUT2D eigenvalue weighted by Crippen LogP contribution is -2.13. The molecule has 1 aromatic heterocycles. The lowest BCUT2D eigenvalue weighted by atomic mass is 10.1.